The summed E-state index contributed by atoms with van der Waals surface area (Å²) in [6, 6.07) is 0. The van der Waals surface area contributed by atoms with Crippen molar-refractivity contribution in [3.8, 4) is 0 Å². The molecule has 0 saturated heterocycles. The van der Waals surface area contributed by atoms with E-state index in [4.69, 9.17) is 4.52 Å². The predicted molar refractivity (Wildman–Crippen MR) is 55.1 cm³/mol. The average molecular weight is 206 g/mol. The predicted octanol–water partition coefficient (Wildman–Crippen LogP) is 0.740. The van der Waals surface area contributed by atoms with Crippen molar-refractivity contribution in [1.82, 2.24) is 20.0 Å². The van der Waals surface area contributed by atoms with Crippen LogP contribution in [-0.2, 0) is 20.0 Å². The summed E-state index contributed by atoms with van der Waals surface area (Å²) in [5.74, 6) is 1.09. The van der Waals surface area contributed by atoms with Gasteiger partial charge in [-0.2, -0.15) is 0 Å². The zero-order valence-electron chi connectivity index (χ0n) is 8.68. The van der Waals surface area contributed by atoms with Gasteiger partial charge in [0, 0.05) is 44.5 Å². The van der Waals surface area contributed by atoms with E-state index >= 15 is 0 Å². The second-order valence-electron chi connectivity index (χ2n) is 3.41. The normalized spacial score (nSPS) is 10.7. The highest BCUT2D eigenvalue weighted by Crippen LogP contribution is 1.96. The van der Waals surface area contributed by atoms with Crippen molar-refractivity contribution in [3.63, 3.8) is 0 Å². The number of hydrogen-bond donors (Lipinski definition) is 1. The van der Waals surface area contributed by atoms with Crippen LogP contribution in [-0.4, -0.2) is 21.3 Å². The molecule has 2 heterocycles. The Hall–Kier alpha value is -1.62. The number of aromatic nitrogens is 3. The van der Waals surface area contributed by atoms with E-state index < -0.39 is 0 Å². The number of nitrogens with zero attached hydrogens (tertiary/aromatic N) is 3. The van der Waals surface area contributed by atoms with E-state index in [0.29, 0.717) is 0 Å². The van der Waals surface area contributed by atoms with E-state index in [-0.39, 0.29) is 0 Å². The number of nitrogens with one attached hydrogen (secondary N) is 1. The molecule has 0 saturated carbocycles. The van der Waals surface area contributed by atoms with Gasteiger partial charge in [-0.25, -0.2) is 4.98 Å². The van der Waals surface area contributed by atoms with Crippen molar-refractivity contribution in [2.24, 2.45) is 7.05 Å². The molecule has 0 spiro atoms. The minimum atomic E-state index is 0.786. The molecule has 80 valence electrons. The zero-order valence-corrected chi connectivity index (χ0v) is 8.68. The van der Waals surface area contributed by atoms with Gasteiger partial charge in [0.25, 0.3) is 0 Å². The molecule has 0 atom stereocenters. The van der Waals surface area contributed by atoms with Crippen LogP contribution in [0.5, 0.6) is 0 Å². The summed E-state index contributed by atoms with van der Waals surface area (Å²) in [6.45, 7) is 1.68. The fraction of sp³-hybridized carbons (Fsp3) is 0.400. The minimum Gasteiger partial charge on any atom is -0.364 e. The molecule has 5 nitrogen and oxygen atoms in total. The van der Waals surface area contributed by atoms with Gasteiger partial charge >= 0.3 is 0 Å². The van der Waals surface area contributed by atoms with E-state index in [9.17, 15) is 0 Å². The van der Waals surface area contributed by atoms with E-state index in [1.54, 1.807) is 12.5 Å². The first kappa shape index (κ1) is 9.92. The van der Waals surface area contributed by atoms with Crippen LogP contribution in [0.25, 0.3) is 0 Å². The zero-order chi connectivity index (χ0) is 10.5. The lowest BCUT2D eigenvalue weighted by Crippen LogP contribution is -2.17. The first-order valence-corrected chi connectivity index (χ1v) is 4.91. The summed E-state index contributed by atoms with van der Waals surface area (Å²) in [7, 11) is 2.00. The van der Waals surface area contributed by atoms with Crippen LogP contribution in [0.3, 0.4) is 0 Å². The molecule has 2 aromatic heterocycles. The molecule has 0 unspecified atom stereocenters. The number of aryl methyl sites for hydroxylation is 1. The molecule has 0 aromatic carbocycles. The largest absolute Gasteiger partial charge is 0.364 e. The third-order valence-electron chi connectivity index (χ3n) is 2.26. The molecular formula is C10H14N4O. The average Bonchev–Trinajstić information content (AvgIpc) is 2.85. The van der Waals surface area contributed by atoms with Gasteiger partial charge in [-0.15, -0.1) is 0 Å². The van der Waals surface area contributed by atoms with Crippen LogP contribution in [0, 0.1) is 0 Å². The Bertz CT molecular complexity index is 393. The smallest absolute Gasteiger partial charge is 0.128 e. The summed E-state index contributed by atoms with van der Waals surface area (Å²) in [4.78, 5) is 4.24. The van der Waals surface area contributed by atoms with Gasteiger partial charge in [0.2, 0.25) is 0 Å². The van der Waals surface area contributed by atoms with Gasteiger partial charge < -0.3 is 14.4 Å². The topological polar surface area (TPSA) is 55.9 Å². The Labute approximate surface area is 88.1 Å². The highest BCUT2D eigenvalue weighted by molar-refractivity contribution is 4.99. The minimum absolute atomic E-state index is 0.786. The van der Waals surface area contributed by atoms with Gasteiger partial charge in [0.1, 0.15) is 12.1 Å². The molecule has 15 heavy (non-hydrogen) atoms. The Morgan fingerprint density at radius 1 is 1.53 bits per heavy atom. The number of rotatable bonds is 5. The van der Waals surface area contributed by atoms with Gasteiger partial charge in [0.05, 0.1) is 6.20 Å². The highest BCUT2D eigenvalue weighted by atomic mass is 16.5. The molecule has 0 aliphatic carbocycles. The molecule has 2 rings (SSSR count). The summed E-state index contributed by atoms with van der Waals surface area (Å²) < 4.78 is 6.76. The summed E-state index contributed by atoms with van der Waals surface area (Å²) in [6.07, 6.45) is 8.06. The van der Waals surface area contributed by atoms with Crippen LogP contribution in [0.15, 0.2) is 29.4 Å². The van der Waals surface area contributed by atoms with Crippen molar-refractivity contribution < 1.29 is 4.52 Å². The van der Waals surface area contributed by atoms with E-state index in [1.165, 1.54) is 0 Å². The number of hydrogen-bond acceptors (Lipinski definition) is 4. The van der Waals surface area contributed by atoms with Gasteiger partial charge in [-0.3, -0.25) is 0 Å². The third-order valence-corrected chi connectivity index (χ3v) is 2.26. The SMILES string of the molecule is Cn1ccnc1CCNCc1cnoc1. The van der Waals surface area contributed by atoms with E-state index in [1.807, 2.05) is 24.0 Å². The first-order chi connectivity index (χ1) is 7.36. The van der Waals surface area contributed by atoms with Gasteiger partial charge in [-0.1, -0.05) is 5.16 Å². The van der Waals surface area contributed by atoms with Crippen molar-refractivity contribution in [1.29, 1.82) is 0 Å². The Morgan fingerprint density at radius 2 is 2.47 bits per heavy atom. The Balaban J connectivity index is 1.70. The van der Waals surface area contributed by atoms with Gasteiger partial charge in [0.15, 0.2) is 0 Å². The van der Waals surface area contributed by atoms with Crippen LogP contribution in [0.2, 0.25) is 0 Å². The lowest BCUT2D eigenvalue weighted by molar-refractivity contribution is 0.418. The molecule has 0 aliphatic rings. The second-order valence-corrected chi connectivity index (χ2v) is 3.41. The highest BCUT2D eigenvalue weighted by Gasteiger charge is 1.99. The van der Waals surface area contributed by atoms with Crippen molar-refractivity contribution in [2.75, 3.05) is 6.54 Å². The maximum atomic E-state index is 4.73. The number of imidazole rings is 1. The molecule has 0 fully saturated rings. The van der Waals surface area contributed by atoms with Crippen LogP contribution in [0.1, 0.15) is 11.4 Å². The monoisotopic (exact) mass is 206 g/mol. The fourth-order valence-electron chi connectivity index (χ4n) is 1.38. The molecule has 0 bridgehead atoms. The Kier molecular flexibility index (Phi) is 3.14. The van der Waals surface area contributed by atoms with E-state index in [0.717, 1.165) is 30.9 Å². The molecular weight excluding hydrogens is 192 g/mol. The molecule has 5 heteroatoms. The van der Waals surface area contributed by atoms with Crippen molar-refractivity contribution in [3.05, 3.63) is 36.2 Å². The maximum Gasteiger partial charge on any atom is 0.128 e. The summed E-state index contributed by atoms with van der Waals surface area (Å²) in [5, 5.41) is 6.93. The third kappa shape index (κ3) is 2.66. The van der Waals surface area contributed by atoms with Gasteiger partial charge in [-0.05, 0) is 0 Å². The fourth-order valence-corrected chi connectivity index (χ4v) is 1.38. The molecule has 0 aliphatic heterocycles. The molecule has 0 radical (unpaired) electrons. The van der Waals surface area contributed by atoms with Crippen LogP contribution in [0.4, 0.5) is 0 Å². The van der Waals surface area contributed by atoms with Crippen LogP contribution < -0.4 is 5.32 Å². The lowest BCUT2D eigenvalue weighted by Gasteiger charge is -2.02. The van der Waals surface area contributed by atoms with E-state index in [2.05, 4.69) is 15.5 Å². The summed E-state index contributed by atoms with van der Waals surface area (Å²) in [5.41, 5.74) is 1.06. The van der Waals surface area contributed by atoms with Crippen molar-refractivity contribution in [2.45, 2.75) is 13.0 Å². The molecule has 0 amide bonds. The standard InChI is InChI=1S/C10H14N4O/c1-14-5-4-12-10(14)2-3-11-6-9-7-13-15-8-9/h4-5,7-8,11H,2-3,6H2,1H3. The maximum absolute atomic E-state index is 4.73. The molecule has 1 N–H and O–H groups in total. The summed E-state index contributed by atoms with van der Waals surface area (Å²) >= 11 is 0. The van der Waals surface area contributed by atoms with Crippen molar-refractivity contribution >= 4 is 0 Å². The van der Waals surface area contributed by atoms with Crippen LogP contribution >= 0.6 is 0 Å². The quantitative estimate of drug-likeness (QED) is 0.733. The lowest BCUT2D eigenvalue weighted by atomic mass is 10.3. The first-order valence-electron chi connectivity index (χ1n) is 4.91. The second kappa shape index (κ2) is 4.75. The molecule has 2 aromatic rings. The Morgan fingerprint density at radius 3 is 3.13 bits per heavy atom.